The number of benzene rings is 1. The van der Waals surface area contributed by atoms with Crippen molar-refractivity contribution < 1.29 is 9.52 Å². The Labute approximate surface area is 127 Å². The smallest absolute Gasteiger partial charge is 0.136 e. The average molecular weight is 286 g/mol. The number of fused-ring (bicyclic) bond motifs is 1. The summed E-state index contributed by atoms with van der Waals surface area (Å²) in [5.41, 5.74) is 1.45. The van der Waals surface area contributed by atoms with Crippen molar-refractivity contribution >= 4 is 11.0 Å². The van der Waals surface area contributed by atoms with Crippen molar-refractivity contribution in [2.45, 2.75) is 59.5 Å². The summed E-state index contributed by atoms with van der Waals surface area (Å²) in [6.45, 7) is 11.0. The zero-order valence-electron chi connectivity index (χ0n) is 13.8. The quantitative estimate of drug-likeness (QED) is 0.785. The van der Waals surface area contributed by atoms with Crippen molar-refractivity contribution in [3.63, 3.8) is 0 Å². The first-order chi connectivity index (χ1) is 9.59. The fraction of sp³-hybridized carbons (Fsp3) is 0.579. The molecule has 3 rings (SSSR count). The number of aliphatic hydroxyl groups is 1. The van der Waals surface area contributed by atoms with Gasteiger partial charge in [-0.25, -0.2) is 0 Å². The third-order valence-electron chi connectivity index (χ3n) is 4.63. The van der Waals surface area contributed by atoms with Crippen LogP contribution in [0.5, 0.6) is 0 Å². The molecular formula is C19H26O2. The van der Waals surface area contributed by atoms with Gasteiger partial charge in [-0.3, -0.25) is 0 Å². The molecule has 1 fully saturated rings. The fourth-order valence-corrected chi connectivity index (χ4v) is 4.63. The van der Waals surface area contributed by atoms with Crippen LogP contribution in [0, 0.1) is 17.8 Å². The summed E-state index contributed by atoms with van der Waals surface area (Å²) in [4.78, 5) is 0. The van der Waals surface area contributed by atoms with Gasteiger partial charge in [-0.05, 0) is 55.2 Å². The predicted octanol–water partition coefficient (Wildman–Crippen LogP) is 5.17. The lowest BCUT2D eigenvalue weighted by Crippen LogP contribution is -2.43. The molecule has 2 heteroatoms. The van der Waals surface area contributed by atoms with Crippen molar-refractivity contribution in [2.24, 2.45) is 10.8 Å². The third-order valence-corrected chi connectivity index (χ3v) is 4.63. The summed E-state index contributed by atoms with van der Waals surface area (Å²) < 4.78 is 6.00. The standard InChI is InChI=1S/C19H26O2/c1-13-6-7-15-14(8-13)9-16(21-15)19(20)11-17(2,3)10-18(4,5)12-19/h6-9,20H,10-12H2,1-5H3. The molecular weight excluding hydrogens is 260 g/mol. The van der Waals surface area contributed by atoms with E-state index in [0.29, 0.717) is 0 Å². The van der Waals surface area contributed by atoms with E-state index in [1.165, 1.54) is 5.56 Å². The molecule has 21 heavy (non-hydrogen) atoms. The molecule has 114 valence electrons. The molecule has 0 amide bonds. The molecule has 0 radical (unpaired) electrons. The summed E-state index contributed by atoms with van der Waals surface area (Å²) in [6, 6.07) is 8.19. The third kappa shape index (κ3) is 2.74. The van der Waals surface area contributed by atoms with Crippen LogP contribution < -0.4 is 0 Å². The number of hydrogen-bond acceptors (Lipinski definition) is 2. The van der Waals surface area contributed by atoms with Crippen molar-refractivity contribution in [3.8, 4) is 0 Å². The molecule has 1 aromatic carbocycles. The van der Waals surface area contributed by atoms with Gasteiger partial charge < -0.3 is 9.52 Å². The molecule has 0 bridgehead atoms. The predicted molar refractivity (Wildman–Crippen MR) is 86.3 cm³/mol. The highest BCUT2D eigenvalue weighted by atomic mass is 16.4. The van der Waals surface area contributed by atoms with E-state index in [1.54, 1.807) is 0 Å². The maximum Gasteiger partial charge on any atom is 0.136 e. The highest BCUT2D eigenvalue weighted by Gasteiger charge is 2.49. The molecule has 1 aliphatic carbocycles. The van der Waals surface area contributed by atoms with Gasteiger partial charge >= 0.3 is 0 Å². The van der Waals surface area contributed by atoms with Gasteiger partial charge in [0, 0.05) is 5.39 Å². The Balaban J connectivity index is 2.07. The normalized spacial score (nSPS) is 23.3. The SMILES string of the molecule is Cc1ccc2oc(C3(O)CC(C)(C)CC(C)(C)C3)cc2c1. The minimum absolute atomic E-state index is 0.116. The zero-order chi connectivity index (χ0) is 15.5. The molecule has 2 aromatic rings. The molecule has 1 aromatic heterocycles. The molecule has 1 N–H and O–H groups in total. The van der Waals surface area contributed by atoms with Crippen LogP contribution in [0.25, 0.3) is 11.0 Å². The first-order valence-electron chi connectivity index (χ1n) is 7.82. The van der Waals surface area contributed by atoms with Crippen LogP contribution in [0.1, 0.15) is 58.3 Å². The highest BCUT2D eigenvalue weighted by Crippen LogP contribution is 2.54. The molecule has 2 nitrogen and oxygen atoms in total. The van der Waals surface area contributed by atoms with Gasteiger partial charge in [0.15, 0.2) is 0 Å². The van der Waals surface area contributed by atoms with Gasteiger partial charge in [-0.1, -0.05) is 39.3 Å². The number of rotatable bonds is 1. The van der Waals surface area contributed by atoms with Crippen LogP contribution in [0.4, 0.5) is 0 Å². The second-order valence-corrected chi connectivity index (χ2v) is 8.54. The summed E-state index contributed by atoms with van der Waals surface area (Å²) in [6.07, 6.45) is 2.63. The molecule has 0 saturated heterocycles. The lowest BCUT2D eigenvalue weighted by atomic mass is 9.59. The Hall–Kier alpha value is -1.28. The topological polar surface area (TPSA) is 33.4 Å². The zero-order valence-corrected chi connectivity index (χ0v) is 13.8. The van der Waals surface area contributed by atoms with E-state index in [-0.39, 0.29) is 10.8 Å². The molecule has 0 aliphatic heterocycles. The number of furan rings is 1. The summed E-state index contributed by atoms with van der Waals surface area (Å²) in [5.74, 6) is 0.726. The Bertz CT molecular complexity index is 660. The monoisotopic (exact) mass is 286 g/mol. The van der Waals surface area contributed by atoms with Crippen molar-refractivity contribution in [1.82, 2.24) is 0 Å². The molecule has 0 spiro atoms. The average Bonchev–Trinajstić information content (AvgIpc) is 2.67. The van der Waals surface area contributed by atoms with Crippen LogP contribution in [0.2, 0.25) is 0 Å². The summed E-state index contributed by atoms with van der Waals surface area (Å²) >= 11 is 0. The Morgan fingerprint density at radius 1 is 0.952 bits per heavy atom. The van der Waals surface area contributed by atoms with E-state index in [9.17, 15) is 5.11 Å². The van der Waals surface area contributed by atoms with Gasteiger partial charge in [0.1, 0.15) is 16.9 Å². The minimum atomic E-state index is -0.863. The molecule has 1 saturated carbocycles. The van der Waals surface area contributed by atoms with Gasteiger partial charge in [-0.2, -0.15) is 0 Å². The summed E-state index contributed by atoms with van der Waals surface area (Å²) in [5, 5.41) is 12.4. The van der Waals surface area contributed by atoms with E-state index in [1.807, 2.05) is 12.1 Å². The van der Waals surface area contributed by atoms with Gasteiger partial charge in [0.05, 0.1) is 0 Å². The van der Waals surface area contributed by atoms with Crippen LogP contribution in [-0.2, 0) is 5.60 Å². The van der Waals surface area contributed by atoms with E-state index in [2.05, 4.69) is 46.8 Å². The van der Waals surface area contributed by atoms with E-state index < -0.39 is 5.60 Å². The van der Waals surface area contributed by atoms with Crippen molar-refractivity contribution in [3.05, 3.63) is 35.6 Å². The summed E-state index contributed by atoms with van der Waals surface area (Å²) in [7, 11) is 0. The lowest BCUT2D eigenvalue weighted by molar-refractivity contribution is -0.103. The maximum absolute atomic E-state index is 11.3. The first kappa shape index (κ1) is 14.6. The Morgan fingerprint density at radius 3 is 2.19 bits per heavy atom. The van der Waals surface area contributed by atoms with Crippen LogP contribution >= 0.6 is 0 Å². The van der Waals surface area contributed by atoms with Crippen LogP contribution in [-0.4, -0.2) is 5.11 Å². The fourth-order valence-electron chi connectivity index (χ4n) is 4.63. The van der Waals surface area contributed by atoms with Crippen molar-refractivity contribution in [1.29, 1.82) is 0 Å². The largest absolute Gasteiger partial charge is 0.458 e. The van der Waals surface area contributed by atoms with Gasteiger partial charge in [0.25, 0.3) is 0 Å². The van der Waals surface area contributed by atoms with Gasteiger partial charge in [-0.15, -0.1) is 0 Å². The Kier molecular flexibility index (Phi) is 3.04. The number of hydrogen-bond donors (Lipinski definition) is 1. The van der Waals surface area contributed by atoms with E-state index >= 15 is 0 Å². The lowest BCUT2D eigenvalue weighted by Gasteiger charge is -2.48. The highest BCUT2D eigenvalue weighted by molar-refractivity contribution is 5.78. The molecule has 0 atom stereocenters. The second-order valence-electron chi connectivity index (χ2n) is 8.54. The van der Waals surface area contributed by atoms with Crippen LogP contribution in [0.15, 0.2) is 28.7 Å². The van der Waals surface area contributed by atoms with Crippen LogP contribution in [0.3, 0.4) is 0 Å². The molecule has 1 heterocycles. The van der Waals surface area contributed by atoms with Gasteiger partial charge in [0.2, 0.25) is 0 Å². The van der Waals surface area contributed by atoms with E-state index in [0.717, 1.165) is 36.0 Å². The molecule has 0 unspecified atom stereocenters. The van der Waals surface area contributed by atoms with E-state index in [4.69, 9.17) is 4.42 Å². The second kappa shape index (κ2) is 4.36. The maximum atomic E-state index is 11.3. The first-order valence-corrected chi connectivity index (χ1v) is 7.82. The van der Waals surface area contributed by atoms with Crippen molar-refractivity contribution in [2.75, 3.05) is 0 Å². The molecule has 1 aliphatic rings. The Morgan fingerprint density at radius 2 is 1.57 bits per heavy atom. The number of aryl methyl sites for hydroxylation is 1. The minimum Gasteiger partial charge on any atom is -0.458 e.